The highest BCUT2D eigenvalue weighted by molar-refractivity contribution is 5.92. The molecule has 1 aliphatic heterocycles. The van der Waals surface area contributed by atoms with Crippen LogP contribution in [0.3, 0.4) is 0 Å². The molecule has 0 aromatic heterocycles. The first-order valence-corrected chi connectivity index (χ1v) is 8.98. The van der Waals surface area contributed by atoms with E-state index in [1.54, 1.807) is 0 Å². The first-order chi connectivity index (χ1) is 11.7. The van der Waals surface area contributed by atoms with E-state index >= 15 is 0 Å². The zero-order valence-electron chi connectivity index (χ0n) is 15.9. The lowest BCUT2D eigenvalue weighted by molar-refractivity contribution is -0.894. The monoisotopic (exact) mass is 347 g/mol. The van der Waals surface area contributed by atoms with Gasteiger partial charge < -0.3 is 15.1 Å². The zero-order valence-corrected chi connectivity index (χ0v) is 15.9. The topological polar surface area (TPSA) is 61.4 Å². The van der Waals surface area contributed by atoms with Gasteiger partial charge in [0.05, 0.1) is 27.2 Å². The van der Waals surface area contributed by atoms with Gasteiger partial charge in [-0.25, -0.2) is 0 Å². The van der Waals surface area contributed by atoms with Crippen molar-refractivity contribution in [3.8, 4) is 0 Å². The highest BCUT2D eigenvalue weighted by Crippen LogP contribution is 2.22. The smallest absolute Gasteiger partial charge is 0.221 e. The lowest BCUT2D eigenvalue weighted by Crippen LogP contribution is -2.54. The van der Waals surface area contributed by atoms with Gasteiger partial charge in [-0.3, -0.25) is 14.5 Å². The quantitative estimate of drug-likeness (QED) is 0.773. The SMILES string of the molecule is CC(=O)Nc1ccc(NC(C)=O)c(CCCN2CC[N+](C)(C)CC2)c1. The number of piperazine rings is 1. The number of carbonyl (C=O) groups is 2. The number of rotatable bonds is 6. The Balaban J connectivity index is 1.96. The van der Waals surface area contributed by atoms with Crippen LogP contribution in [0.1, 0.15) is 25.8 Å². The summed E-state index contributed by atoms with van der Waals surface area (Å²) in [6, 6.07) is 5.65. The number of anilines is 2. The summed E-state index contributed by atoms with van der Waals surface area (Å²) in [5.74, 6) is -0.170. The van der Waals surface area contributed by atoms with Gasteiger partial charge in [-0.15, -0.1) is 0 Å². The second-order valence-corrected chi connectivity index (χ2v) is 7.56. The number of likely N-dealkylation sites (N-methyl/N-ethyl adjacent to an activating group) is 1. The molecule has 2 N–H and O–H groups in total. The number of nitrogens with zero attached hydrogens (tertiary/aromatic N) is 2. The fourth-order valence-corrected chi connectivity index (χ4v) is 3.16. The Morgan fingerprint density at radius 2 is 1.72 bits per heavy atom. The maximum absolute atomic E-state index is 11.4. The van der Waals surface area contributed by atoms with Crippen molar-refractivity contribution >= 4 is 23.2 Å². The van der Waals surface area contributed by atoms with E-state index in [9.17, 15) is 9.59 Å². The fraction of sp³-hybridized carbons (Fsp3) is 0.579. The Kier molecular flexibility index (Phi) is 6.56. The molecule has 2 rings (SSSR count). The molecule has 0 atom stereocenters. The number of carbonyl (C=O) groups excluding carboxylic acids is 2. The molecule has 1 heterocycles. The van der Waals surface area contributed by atoms with Crippen LogP contribution < -0.4 is 10.6 Å². The summed E-state index contributed by atoms with van der Waals surface area (Å²) in [5.41, 5.74) is 2.67. The minimum atomic E-state index is -0.0905. The predicted molar refractivity (Wildman–Crippen MR) is 102 cm³/mol. The van der Waals surface area contributed by atoms with Crippen molar-refractivity contribution in [2.75, 3.05) is 57.5 Å². The predicted octanol–water partition coefficient (Wildman–Crippen LogP) is 1.93. The molecule has 0 bridgehead atoms. The van der Waals surface area contributed by atoms with E-state index in [0.717, 1.165) is 53.9 Å². The van der Waals surface area contributed by atoms with Gasteiger partial charge in [-0.1, -0.05) is 0 Å². The molecule has 6 nitrogen and oxygen atoms in total. The second-order valence-electron chi connectivity index (χ2n) is 7.56. The van der Waals surface area contributed by atoms with E-state index in [2.05, 4.69) is 29.6 Å². The van der Waals surface area contributed by atoms with Crippen molar-refractivity contribution < 1.29 is 14.1 Å². The van der Waals surface area contributed by atoms with Crippen LogP contribution in [0.2, 0.25) is 0 Å². The molecule has 2 amide bonds. The number of amides is 2. The van der Waals surface area contributed by atoms with Crippen LogP contribution in [0, 0.1) is 0 Å². The molecule has 0 unspecified atom stereocenters. The molecular weight excluding hydrogens is 316 g/mol. The van der Waals surface area contributed by atoms with Crippen LogP contribution in [0.4, 0.5) is 11.4 Å². The van der Waals surface area contributed by atoms with E-state index in [1.807, 2.05) is 18.2 Å². The van der Waals surface area contributed by atoms with Crippen LogP contribution in [-0.4, -0.2) is 68.0 Å². The summed E-state index contributed by atoms with van der Waals surface area (Å²) in [6.45, 7) is 8.72. The Bertz CT molecular complexity index is 618. The van der Waals surface area contributed by atoms with Gasteiger partial charge in [-0.05, 0) is 43.1 Å². The van der Waals surface area contributed by atoms with Crippen LogP contribution in [0.5, 0.6) is 0 Å². The third-order valence-corrected chi connectivity index (χ3v) is 4.70. The van der Waals surface area contributed by atoms with Crippen molar-refractivity contribution in [1.82, 2.24) is 4.90 Å². The largest absolute Gasteiger partial charge is 0.326 e. The summed E-state index contributed by atoms with van der Waals surface area (Å²) in [4.78, 5) is 25.2. The number of quaternary nitrogens is 1. The molecule has 1 aromatic carbocycles. The lowest BCUT2D eigenvalue weighted by Gasteiger charge is -2.39. The van der Waals surface area contributed by atoms with Crippen LogP contribution in [-0.2, 0) is 16.0 Å². The van der Waals surface area contributed by atoms with Gasteiger partial charge in [0.15, 0.2) is 0 Å². The number of nitrogens with one attached hydrogen (secondary N) is 2. The maximum Gasteiger partial charge on any atom is 0.221 e. The first kappa shape index (κ1) is 19.4. The third-order valence-electron chi connectivity index (χ3n) is 4.70. The second kappa shape index (κ2) is 8.45. The molecule has 6 heteroatoms. The number of hydrogen-bond acceptors (Lipinski definition) is 3. The van der Waals surface area contributed by atoms with E-state index < -0.39 is 0 Å². The molecule has 25 heavy (non-hydrogen) atoms. The number of benzene rings is 1. The zero-order chi connectivity index (χ0) is 18.4. The van der Waals surface area contributed by atoms with E-state index in [-0.39, 0.29) is 11.8 Å². The molecular formula is C19H31N4O2+. The minimum absolute atomic E-state index is 0.0791. The van der Waals surface area contributed by atoms with Crippen molar-refractivity contribution in [2.24, 2.45) is 0 Å². The van der Waals surface area contributed by atoms with E-state index in [0.29, 0.717) is 0 Å². The number of aryl methyl sites for hydroxylation is 1. The highest BCUT2D eigenvalue weighted by Gasteiger charge is 2.23. The first-order valence-electron chi connectivity index (χ1n) is 8.98. The summed E-state index contributed by atoms with van der Waals surface area (Å²) in [6.07, 6.45) is 1.90. The summed E-state index contributed by atoms with van der Waals surface area (Å²) < 4.78 is 1.10. The van der Waals surface area contributed by atoms with Gasteiger partial charge in [0.1, 0.15) is 0 Å². The average molecular weight is 347 g/mol. The van der Waals surface area contributed by atoms with Crippen molar-refractivity contribution in [3.63, 3.8) is 0 Å². The van der Waals surface area contributed by atoms with Crippen molar-refractivity contribution in [2.45, 2.75) is 26.7 Å². The number of hydrogen-bond donors (Lipinski definition) is 2. The molecule has 0 spiro atoms. The molecule has 0 radical (unpaired) electrons. The molecule has 0 saturated carbocycles. The molecule has 1 aromatic rings. The van der Waals surface area contributed by atoms with E-state index in [1.165, 1.54) is 26.9 Å². The summed E-state index contributed by atoms with van der Waals surface area (Å²) in [7, 11) is 4.56. The third kappa shape index (κ3) is 6.48. The lowest BCUT2D eigenvalue weighted by atomic mass is 10.1. The fourth-order valence-electron chi connectivity index (χ4n) is 3.16. The normalized spacial score (nSPS) is 17.1. The van der Waals surface area contributed by atoms with Crippen LogP contribution in [0.15, 0.2) is 18.2 Å². The summed E-state index contributed by atoms with van der Waals surface area (Å²) >= 11 is 0. The van der Waals surface area contributed by atoms with Crippen LogP contribution in [0.25, 0.3) is 0 Å². The van der Waals surface area contributed by atoms with Crippen LogP contribution >= 0.6 is 0 Å². The Morgan fingerprint density at radius 1 is 1.08 bits per heavy atom. The molecule has 1 aliphatic rings. The molecule has 1 fully saturated rings. The molecule has 1 saturated heterocycles. The Morgan fingerprint density at radius 3 is 2.32 bits per heavy atom. The van der Waals surface area contributed by atoms with Gasteiger partial charge in [-0.2, -0.15) is 0 Å². The van der Waals surface area contributed by atoms with Gasteiger partial charge in [0.2, 0.25) is 11.8 Å². The Hall–Kier alpha value is -1.92. The van der Waals surface area contributed by atoms with E-state index in [4.69, 9.17) is 0 Å². The summed E-state index contributed by atoms with van der Waals surface area (Å²) in [5, 5.41) is 5.70. The average Bonchev–Trinajstić information content (AvgIpc) is 2.50. The standard InChI is InChI=1S/C19H30N4O2/c1-15(24)20-18-7-8-19(21-16(2)25)17(14-18)6-5-9-22-10-12-23(3,4)13-11-22/h7-8,14H,5-6,9-13H2,1-4H3,(H-,20,21,24,25)/p+1. The minimum Gasteiger partial charge on any atom is -0.326 e. The van der Waals surface area contributed by atoms with Gasteiger partial charge in [0.25, 0.3) is 0 Å². The molecule has 0 aliphatic carbocycles. The Labute approximate surface area is 150 Å². The van der Waals surface area contributed by atoms with Gasteiger partial charge in [0, 0.05) is 38.3 Å². The van der Waals surface area contributed by atoms with Crippen molar-refractivity contribution in [3.05, 3.63) is 23.8 Å². The highest BCUT2D eigenvalue weighted by atomic mass is 16.2. The van der Waals surface area contributed by atoms with Gasteiger partial charge >= 0.3 is 0 Å². The molecule has 138 valence electrons. The van der Waals surface area contributed by atoms with Crippen molar-refractivity contribution in [1.29, 1.82) is 0 Å². The maximum atomic E-state index is 11.4.